The fraction of sp³-hybridized carbons (Fsp3) is 0.617. The van der Waals surface area contributed by atoms with E-state index in [1.165, 1.54) is 0 Å². The summed E-state index contributed by atoms with van der Waals surface area (Å²) in [4.78, 5) is 85.9. The molecule has 6 amide bonds. The Labute approximate surface area is 362 Å². The second kappa shape index (κ2) is 21.6. The van der Waals surface area contributed by atoms with Crippen LogP contribution in [0.2, 0.25) is 0 Å². The molecule has 61 heavy (non-hydrogen) atoms. The predicted octanol–water partition coefficient (Wildman–Crippen LogP) is 5.63. The Morgan fingerprint density at radius 1 is 0.541 bits per heavy atom. The van der Waals surface area contributed by atoms with Gasteiger partial charge in [-0.1, -0.05) is 88.4 Å². The van der Waals surface area contributed by atoms with Gasteiger partial charge >= 0.3 is 12.2 Å². The zero-order valence-electron chi connectivity index (χ0n) is 37.9. The summed E-state index contributed by atoms with van der Waals surface area (Å²) in [6.07, 6.45) is 0.604. The molecule has 0 aromatic heterocycles. The number of benzene rings is 2. The molecule has 14 heteroatoms. The Hall–Kier alpha value is -5.14. The van der Waals surface area contributed by atoms with Crippen molar-refractivity contribution >= 4 is 35.8 Å². The fourth-order valence-corrected chi connectivity index (χ4v) is 8.03. The Morgan fingerprint density at radius 2 is 0.869 bits per heavy atom. The van der Waals surface area contributed by atoms with Crippen LogP contribution in [0.3, 0.4) is 0 Å². The molecule has 0 spiro atoms. The summed E-state index contributed by atoms with van der Waals surface area (Å²) in [5.41, 5.74) is 0.146. The first kappa shape index (κ1) is 48.5. The average Bonchev–Trinajstić information content (AvgIpc) is 3.14. The van der Waals surface area contributed by atoms with Gasteiger partial charge in [-0.15, -0.1) is 0 Å². The van der Waals surface area contributed by atoms with Crippen LogP contribution < -0.4 is 21.3 Å². The van der Waals surface area contributed by atoms with E-state index >= 15 is 0 Å². The number of amides is 6. The number of carbonyl (C=O) groups is 6. The maximum Gasteiger partial charge on any atom is 0.408 e. The van der Waals surface area contributed by atoms with Gasteiger partial charge in [0.2, 0.25) is 23.6 Å². The van der Waals surface area contributed by atoms with E-state index in [9.17, 15) is 28.8 Å². The van der Waals surface area contributed by atoms with Crippen molar-refractivity contribution in [3.8, 4) is 0 Å². The lowest BCUT2D eigenvalue weighted by molar-refractivity contribution is -0.146. The lowest BCUT2D eigenvalue weighted by atomic mass is 9.83. The Bertz CT molecular complexity index is 1650. The first-order valence-corrected chi connectivity index (χ1v) is 21.8. The monoisotopic (exact) mass is 847 g/mol. The molecule has 14 nitrogen and oxygen atoms in total. The van der Waals surface area contributed by atoms with Crippen molar-refractivity contribution < 1.29 is 38.2 Å². The highest BCUT2D eigenvalue weighted by molar-refractivity contribution is 5.93. The summed E-state index contributed by atoms with van der Waals surface area (Å²) < 4.78 is 11.0. The SMILES string of the molecule is CC(C)C[C@H](NC(=O)[C@H](Cc1ccccc1)NC(=O)OC(C)(C)C)C(=O)N1CC2CC(C1)CN(C(=O)[C@H](CC(C)C)NC(=O)[C@H](Cc1ccccc1)NC(=O)OC(C)(C)C)C2. The standard InChI is InChI=1S/C47H70N6O8/c1-30(2)21-38(48-40(54)36(24-32-17-13-11-14-18-32)50-44(58)60-46(5,6)7)42(56)52-26-34-23-35(27-52)29-53(28-34)43(57)39(22-31(3)4)49-41(55)37(25-33-19-15-12-16-20-33)51-45(59)61-47(8,9)10/h11-20,30-31,34-39H,21-29H2,1-10H3,(H,48,54)(H,49,55)(H,50,58)(H,51,59)/t34?,35?,36-,37-,38-,39-/m0/s1. The molecular formula is C47H70N6O8. The van der Waals surface area contributed by atoms with Crippen molar-refractivity contribution in [3.63, 3.8) is 0 Å². The van der Waals surface area contributed by atoms with Gasteiger partial charge in [0.25, 0.3) is 0 Å². The van der Waals surface area contributed by atoms with Gasteiger partial charge in [0.15, 0.2) is 0 Å². The van der Waals surface area contributed by atoms with Crippen LogP contribution in [0, 0.1) is 23.7 Å². The number of hydrogen-bond donors (Lipinski definition) is 4. The molecule has 2 bridgehead atoms. The van der Waals surface area contributed by atoms with Crippen LogP contribution in [0.4, 0.5) is 9.59 Å². The van der Waals surface area contributed by atoms with Crippen molar-refractivity contribution in [2.24, 2.45) is 23.7 Å². The second-order valence-corrected chi connectivity index (χ2v) is 19.6. The molecule has 4 N–H and O–H groups in total. The number of likely N-dealkylation sites (tertiary alicyclic amines) is 2. The Balaban J connectivity index is 1.45. The number of alkyl carbamates (subject to hydrolysis) is 2. The number of nitrogens with zero attached hydrogens (tertiary/aromatic N) is 2. The van der Waals surface area contributed by atoms with Crippen molar-refractivity contribution in [2.45, 2.75) is 137 Å². The third-order valence-electron chi connectivity index (χ3n) is 10.4. The predicted molar refractivity (Wildman–Crippen MR) is 234 cm³/mol. The lowest BCUT2D eigenvalue weighted by Gasteiger charge is -2.47. The third-order valence-corrected chi connectivity index (χ3v) is 10.4. The quantitative estimate of drug-likeness (QED) is 0.168. The van der Waals surface area contributed by atoms with Gasteiger partial charge in [0.05, 0.1) is 0 Å². The van der Waals surface area contributed by atoms with E-state index in [1.807, 2.05) is 98.2 Å². The number of hydrogen-bond acceptors (Lipinski definition) is 8. The summed E-state index contributed by atoms with van der Waals surface area (Å²) in [5, 5.41) is 11.4. The van der Waals surface area contributed by atoms with E-state index in [2.05, 4.69) is 21.3 Å². The van der Waals surface area contributed by atoms with Crippen LogP contribution in [-0.2, 0) is 41.5 Å². The number of nitrogens with one attached hydrogen (secondary N) is 4. The molecule has 0 unspecified atom stereocenters. The zero-order valence-corrected chi connectivity index (χ0v) is 37.9. The van der Waals surface area contributed by atoms with Crippen LogP contribution in [-0.4, -0.2) is 107 Å². The van der Waals surface area contributed by atoms with E-state index in [1.54, 1.807) is 41.5 Å². The Kier molecular flexibility index (Phi) is 17.2. The zero-order chi connectivity index (χ0) is 45.1. The van der Waals surface area contributed by atoms with Crippen molar-refractivity contribution in [3.05, 3.63) is 71.8 Å². The summed E-state index contributed by atoms with van der Waals surface area (Å²) in [5.74, 6) is -1.20. The van der Waals surface area contributed by atoms with Crippen molar-refractivity contribution in [2.75, 3.05) is 26.2 Å². The summed E-state index contributed by atoms with van der Waals surface area (Å²) in [6.45, 7) is 20.1. The van der Waals surface area contributed by atoms with Gasteiger partial charge in [-0.25, -0.2) is 9.59 Å². The summed E-state index contributed by atoms with van der Waals surface area (Å²) >= 11 is 0. The first-order valence-electron chi connectivity index (χ1n) is 21.8. The molecule has 4 atom stereocenters. The van der Waals surface area contributed by atoms with Crippen molar-refractivity contribution in [1.82, 2.24) is 31.1 Å². The van der Waals surface area contributed by atoms with Gasteiger partial charge in [-0.3, -0.25) is 19.2 Å². The summed E-state index contributed by atoms with van der Waals surface area (Å²) in [7, 11) is 0. The highest BCUT2D eigenvalue weighted by atomic mass is 16.6. The second-order valence-electron chi connectivity index (χ2n) is 19.6. The average molecular weight is 847 g/mol. The molecule has 0 aliphatic carbocycles. The highest BCUT2D eigenvalue weighted by Gasteiger charge is 2.42. The minimum absolute atomic E-state index is 0.00877. The molecule has 2 aliphatic rings. The fourth-order valence-electron chi connectivity index (χ4n) is 8.03. The number of rotatable bonds is 16. The third kappa shape index (κ3) is 16.3. The smallest absolute Gasteiger partial charge is 0.408 e. The van der Waals surface area contributed by atoms with Crippen LogP contribution in [0.5, 0.6) is 0 Å². The first-order chi connectivity index (χ1) is 28.5. The molecule has 0 saturated carbocycles. The van der Waals surface area contributed by atoms with E-state index in [4.69, 9.17) is 9.47 Å². The van der Waals surface area contributed by atoms with Gasteiger partial charge in [-0.2, -0.15) is 0 Å². The topological polar surface area (TPSA) is 175 Å². The van der Waals surface area contributed by atoms with E-state index in [-0.39, 0.29) is 48.3 Å². The highest BCUT2D eigenvalue weighted by Crippen LogP contribution is 2.30. The van der Waals surface area contributed by atoms with Gasteiger partial charge < -0.3 is 40.5 Å². The Morgan fingerprint density at radius 3 is 1.16 bits per heavy atom. The maximum absolute atomic E-state index is 14.3. The van der Waals surface area contributed by atoms with Crippen LogP contribution in [0.15, 0.2) is 60.7 Å². The molecule has 0 radical (unpaired) electrons. The van der Waals surface area contributed by atoms with Gasteiger partial charge in [0.1, 0.15) is 35.4 Å². The van der Waals surface area contributed by atoms with Crippen LogP contribution in [0.25, 0.3) is 0 Å². The van der Waals surface area contributed by atoms with Gasteiger partial charge in [-0.05, 0) is 95.6 Å². The van der Waals surface area contributed by atoms with E-state index in [0.29, 0.717) is 39.0 Å². The van der Waals surface area contributed by atoms with Crippen LogP contribution in [0.1, 0.15) is 99.6 Å². The number of ether oxygens (including phenoxy) is 2. The molecule has 4 rings (SSSR count). The number of piperidine rings is 2. The number of carbonyl (C=O) groups excluding carboxylic acids is 6. The van der Waals surface area contributed by atoms with E-state index < -0.39 is 59.4 Å². The summed E-state index contributed by atoms with van der Waals surface area (Å²) in [6, 6.07) is 15.1. The normalized spacial score (nSPS) is 18.6. The van der Waals surface area contributed by atoms with E-state index in [0.717, 1.165) is 17.5 Å². The molecular weight excluding hydrogens is 777 g/mol. The molecule has 336 valence electrons. The maximum atomic E-state index is 14.3. The molecule has 2 aromatic rings. The number of fused-ring (bicyclic) bond motifs is 2. The minimum Gasteiger partial charge on any atom is -0.444 e. The van der Waals surface area contributed by atoms with Crippen molar-refractivity contribution in [1.29, 1.82) is 0 Å². The van der Waals surface area contributed by atoms with Gasteiger partial charge in [0, 0.05) is 39.0 Å². The molecule has 2 aromatic carbocycles. The molecule has 2 heterocycles. The molecule has 2 saturated heterocycles. The molecule has 2 aliphatic heterocycles. The van der Waals surface area contributed by atoms with Crippen LogP contribution >= 0.6 is 0 Å². The minimum atomic E-state index is -0.985. The largest absolute Gasteiger partial charge is 0.444 e. The lowest BCUT2D eigenvalue weighted by Crippen LogP contribution is -2.62. The molecule has 2 fully saturated rings.